The van der Waals surface area contributed by atoms with Gasteiger partial charge < -0.3 is 9.84 Å². The Labute approximate surface area is 148 Å². The predicted octanol–water partition coefficient (Wildman–Crippen LogP) is 6.53. The second kappa shape index (κ2) is 10.7. The quantitative estimate of drug-likeness (QED) is 0.678. The van der Waals surface area contributed by atoms with Crippen LogP contribution in [0.3, 0.4) is 0 Å². The van der Waals surface area contributed by atoms with E-state index in [1.807, 2.05) is 50.2 Å². The summed E-state index contributed by atoms with van der Waals surface area (Å²) in [5.41, 5.74) is 2.43. The Kier molecular flexibility index (Phi) is 9.87. The molecule has 0 spiro atoms. The Hall–Kier alpha value is -1.96. The van der Waals surface area contributed by atoms with Gasteiger partial charge >= 0.3 is 0 Å². The summed E-state index contributed by atoms with van der Waals surface area (Å²) in [5.74, 6) is 1.78. The lowest BCUT2D eigenvalue weighted by atomic mass is 9.86. The molecule has 0 radical (unpaired) electrons. The van der Waals surface area contributed by atoms with Crippen LogP contribution in [0.25, 0.3) is 0 Å². The number of phenolic OH excluding ortho intramolecular Hbond substituents is 1. The molecule has 0 fully saturated rings. The average molecular weight is 331 g/mol. The van der Waals surface area contributed by atoms with Crippen molar-refractivity contribution >= 4 is 0 Å². The lowest BCUT2D eigenvalue weighted by Gasteiger charge is -2.21. The highest BCUT2D eigenvalue weighted by Crippen LogP contribution is 2.30. The van der Waals surface area contributed by atoms with Gasteiger partial charge in [0.25, 0.3) is 0 Å². The maximum atomic E-state index is 9.28. The van der Waals surface area contributed by atoms with E-state index in [0.717, 1.165) is 11.3 Å². The SMILES string of the molecule is CC.CC(C)c1ccccc1O.COc1ccccc1C(C)(C)C. The van der Waals surface area contributed by atoms with Gasteiger partial charge in [0.1, 0.15) is 11.5 Å². The zero-order chi connectivity index (χ0) is 18.8. The molecule has 1 N–H and O–H groups in total. The van der Waals surface area contributed by atoms with Crippen LogP contribution in [0.1, 0.15) is 65.5 Å². The molecule has 134 valence electrons. The van der Waals surface area contributed by atoms with Crippen molar-refractivity contribution in [2.24, 2.45) is 0 Å². The minimum absolute atomic E-state index is 0.159. The molecule has 0 heterocycles. The summed E-state index contributed by atoms with van der Waals surface area (Å²) in [6.45, 7) is 14.7. The highest BCUT2D eigenvalue weighted by Gasteiger charge is 2.17. The molecule has 2 heteroatoms. The van der Waals surface area contributed by atoms with E-state index in [-0.39, 0.29) is 5.41 Å². The van der Waals surface area contributed by atoms with Crippen LogP contribution in [-0.4, -0.2) is 12.2 Å². The van der Waals surface area contributed by atoms with Crippen LogP contribution in [0.15, 0.2) is 48.5 Å². The maximum absolute atomic E-state index is 9.28. The average Bonchev–Trinajstić information content (AvgIpc) is 2.56. The Morgan fingerprint density at radius 2 is 1.38 bits per heavy atom. The van der Waals surface area contributed by atoms with E-state index in [9.17, 15) is 5.11 Å². The predicted molar refractivity (Wildman–Crippen MR) is 105 cm³/mol. The summed E-state index contributed by atoms with van der Waals surface area (Å²) in [7, 11) is 1.71. The largest absolute Gasteiger partial charge is 0.508 e. The van der Waals surface area contributed by atoms with Crippen LogP contribution < -0.4 is 4.74 Å². The van der Waals surface area contributed by atoms with Crippen molar-refractivity contribution in [1.29, 1.82) is 0 Å². The van der Waals surface area contributed by atoms with Gasteiger partial charge in [-0.2, -0.15) is 0 Å². The summed E-state index contributed by atoms with van der Waals surface area (Å²) < 4.78 is 5.27. The second-order valence-electron chi connectivity index (χ2n) is 6.66. The lowest BCUT2D eigenvalue weighted by Crippen LogP contribution is -2.12. The van der Waals surface area contributed by atoms with E-state index in [0.29, 0.717) is 11.7 Å². The fourth-order valence-electron chi connectivity index (χ4n) is 2.24. The molecule has 2 rings (SSSR count). The van der Waals surface area contributed by atoms with Crippen LogP contribution >= 0.6 is 0 Å². The Morgan fingerprint density at radius 1 is 0.875 bits per heavy atom. The summed E-state index contributed by atoms with van der Waals surface area (Å²) in [4.78, 5) is 0. The Balaban J connectivity index is 0.000000405. The normalized spacial score (nSPS) is 10.2. The molecular weight excluding hydrogens is 296 g/mol. The number of rotatable bonds is 2. The molecule has 24 heavy (non-hydrogen) atoms. The number of ether oxygens (including phenoxy) is 1. The van der Waals surface area contributed by atoms with Crippen molar-refractivity contribution in [3.8, 4) is 11.5 Å². The molecule has 0 saturated heterocycles. The summed E-state index contributed by atoms with van der Waals surface area (Å²) in [5, 5.41) is 9.28. The fourth-order valence-corrected chi connectivity index (χ4v) is 2.24. The second-order valence-corrected chi connectivity index (χ2v) is 6.66. The molecule has 0 unspecified atom stereocenters. The summed E-state index contributed by atoms with van der Waals surface area (Å²) >= 11 is 0. The molecular formula is C22H34O2. The monoisotopic (exact) mass is 330 g/mol. The molecule has 0 aliphatic heterocycles. The van der Waals surface area contributed by atoms with Crippen molar-refractivity contribution in [3.05, 3.63) is 59.7 Å². The van der Waals surface area contributed by atoms with Crippen LogP contribution in [0, 0.1) is 0 Å². The maximum Gasteiger partial charge on any atom is 0.122 e. The molecule has 2 nitrogen and oxygen atoms in total. The van der Waals surface area contributed by atoms with Gasteiger partial charge in [-0.05, 0) is 34.6 Å². The number of hydrogen-bond acceptors (Lipinski definition) is 2. The molecule has 0 atom stereocenters. The minimum atomic E-state index is 0.159. The number of benzene rings is 2. The zero-order valence-corrected chi connectivity index (χ0v) is 16.6. The topological polar surface area (TPSA) is 29.5 Å². The number of methoxy groups -OCH3 is 1. The van der Waals surface area contributed by atoms with Gasteiger partial charge in [-0.25, -0.2) is 0 Å². The molecule has 0 amide bonds. The lowest BCUT2D eigenvalue weighted by molar-refractivity contribution is 0.397. The van der Waals surface area contributed by atoms with Crippen molar-refractivity contribution in [3.63, 3.8) is 0 Å². The third-order valence-corrected chi connectivity index (χ3v) is 3.47. The van der Waals surface area contributed by atoms with Crippen molar-refractivity contribution in [2.45, 2.75) is 59.8 Å². The molecule has 0 aromatic heterocycles. The van der Waals surface area contributed by atoms with Crippen LogP contribution in [0.4, 0.5) is 0 Å². The molecule has 0 bridgehead atoms. The first-order valence-corrected chi connectivity index (χ1v) is 8.68. The first kappa shape index (κ1) is 22.0. The standard InChI is InChI=1S/C11H16O.C9H12O.C2H6/c1-11(2,3)9-7-5-6-8-10(9)12-4;1-7(2)8-5-3-4-6-9(8)10;1-2/h5-8H,1-4H3;3-7,10H,1-2H3;1-2H3. The molecule has 0 aliphatic carbocycles. The van der Waals surface area contributed by atoms with Crippen molar-refractivity contribution in [1.82, 2.24) is 0 Å². The zero-order valence-electron chi connectivity index (χ0n) is 16.6. The van der Waals surface area contributed by atoms with E-state index >= 15 is 0 Å². The highest BCUT2D eigenvalue weighted by atomic mass is 16.5. The fraction of sp³-hybridized carbons (Fsp3) is 0.455. The molecule has 0 aliphatic rings. The van der Waals surface area contributed by atoms with Gasteiger partial charge in [0.15, 0.2) is 0 Å². The van der Waals surface area contributed by atoms with Crippen molar-refractivity contribution in [2.75, 3.05) is 7.11 Å². The third-order valence-electron chi connectivity index (χ3n) is 3.47. The number of para-hydroxylation sites is 2. The van der Waals surface area contributed by atoms with Gasteiger partial charge in [-0.15, -0.1) is 0 Å². The van der Waals surface area contributed by atoms with Gasteiger partial charge in [0.2, 0.25) is 0 Å². The van der Waals surface area contributed by atoms with Crippen LogP contribution in [0.5, 0.6) is 11.5 Å². The highest BCUT2D eigenvalue weighted by molar-refractivity contribution is 5.38. The molecule has 2 aromatic carbocycles. The van der Waals surface area contributed by atoms with Gasteiger partial charge in [-0.3, -0.25) is 0 Å². The van der Waals surface area contributed by atoms with Gasteiger partial charge in [-0.1, -0.05) is 84.9 Å². The summed E-state index contributed by atoms with van der Waals surface area (Å²) in [6.07, 6.45) is 0. The van der Waals surface area contributed by atoms with E-state index in [1.54, 1.807) is 13.2 Å². The smallest absolute Gasteiger partial charge is 0.122 e. The third kappa shape index (κ3) is 7.08. The van der Waals surface area contributed by atoms with E-state index in [4.69, 9.17) is 4.74 Å². The number of phenols is 1. The number of aromatic hydroxyl groups is 1. The number of hydrogen-bond donors (Lipinski definition) is 1. The van der Waals surface area contributed by atoms with Crippen LogP contribution in [0.2, 0.25) is 0 Å². The van der Waals surface area contributed by atoms with Gasteiger partial charge in [0.05, 0.1) is 7.11 Å². The molecule has 0 saturated carbocycles. The van der Waals surface area contributed by atoms with Crippen LogP contribution in [-0.2, 0) is 5.41 Å². The van der Waals surface area contributed by atoms with Crippen molar-refractivity contribution < 1.29 is 9.84 Å². The molecule has 2 aromatic rings. The first-order valence-electron chi connectivity index (χ1n) is 8.68. The Bertz CT molecular complexity index is 581. The Morgan fingerprint density at radius 3 is 1.75 bits per heavy atom. The van der Waals surface area contributed by atoms with E-state index in [2.05, 4.69) is 40.7 Å². The van der Waals surface area contributed by atoms with E-state index in [1.165, 1.54) is 5.56 Å². The summed E-state index contributed by atoms with van der Waals surface area (Å²) in [6, 6.07) is 15.6. The minimum Gasteiger partial charge on any atom is -0.508 e. The van der Waals surface area contributed by atoms with E-state index < -0.39 is 0 Å². The first-order chi connectivity index (χ1) is 11.3. The van der Waals surface area contributed by atoms with Gasteiger partial charge in [0, 0.05) is 0 Å².